The van der Waals surface area contributed by atoms with Gasteiger partial charge in [-0.25, -0.2) is 0 Å². The second-order valence-corrected chi connectivity index (χ2v) is 9.21. The first-order chi connectivity index (χ1) is 14.9. The van der Waals surface area contributed by atoms with Crippen LogP contribution < -0.4 is 9.47 Å². The number of halogens is 1. The molecule has 4 rings (SSSR count). The Kier molecular flexibility index (Phi) is 5.89. The highest BCUT2D eigenvalue weighted by Crippen LogP contribution is 2.38. The molecule has 0 fully saturated rings. The summed E-state index contributed by atoms with van der Waals surface area (Å²) in [5, 5.41) is 5.13. The van der Waals surface area contributed by atoms with E-state index in [2.05, 4.69) is 5.10 Å². The van der Waals surface area contributed by atoms with Gasteiger partial charge < -0.3 is 9.47 Å². The van der Waals surface area contributed by atoms with Gasteiger partial charge in [0, 0.05) is 17.0 Å². The molecule has 0 aromatic heterocycles. The largest absolute Gasteiger partial charge is 0.493 e. The normalized spacial score (nSPS) is 16.2. The molecule has 0 spiro atoms. The van der Waals surface area contributed by atoms with Gasteiger partial charge in [0.2, 0.25) is 0 Å². The third kappa shape index (κ3) is 4.11. The highest BCUT2D eigenvalue weighted by atomic mass is 35.5. The molecule has 0 amide bonds. The monoisotopic (exact) mass is 456 g/mol. The van der Waals surface area contributed by atoms with E-state index >= 15 is 0 Å². The topological polar surface area (TPSA) is 68.2 Å². The van der Waals surface area contributed by atoms with Gasteiger partial charge in [0.15, 0.2) is 11.5 Å². The highest BCUT2D eigenvalue weighted by Gasteiger charge is 2.37. The summed E-state index contributed by atoms with van der Waals surface area (Å²) >= 11 is 6.04. The summed E-state index contributed by atoms with van der Waals surface area (Å²) in [6, 6.07) is 20.4. The zero-order valence-corrected chi connectivity index (χ0v) is 18.6. The Labute approximate surface area is 186 Å². The van der Waals surface area contributed by atoms with Crippen LogP contribution in [0.15, 0.2) is 82.8 Å². The van der Waals surface area contributed by atoms with Crippen molar-refractivity contribution in [3.05, 3.63) is 88.9 Å². The van der Waals surface area contributed by atoms with Gasteiger partial charge >= 0.3 is 0 Å². The smallest absolute Gasteiger partial charge is 0.279 e. The Balaban J connectivity index is 1.80. The molecule has 160 valence electrons. The van der Waals surface area contributed by atoms with E-state index in [-0.39, 0.29) is 4.90 Å². The summed E-state index contributed by atoms with van der Waals surface area (Å²) in [6.45, 7) is 0. The maximum absolute atomic E-state index is 13.4. The molecule has 3 aromatic rings. The van der Waals surface area contributed by atoms with Crippen LogP contribution in [0.2, 0.25) is 5.02 Å². The van der Waals surface area contributed by atoms with Gasteiger partial charge in [-0.15, -0.1) is 0 Å². The number of methoxy groups -OCH3 is 2. The van der Waals surface area contributed by atoms with E-state index in [0.717, 1.165) is 11.1 Å². The SMILES string of the molecule is COc1ccc(C2=NN(S(=O)(=O)c3ccccc3)[C@@H](c3ccc(Cl)cc3)C2)cc1OC. The molecule has 8 heteroatoms. The fourth-order valence-electron chi connectivity index (χ4n) is 3.53. The molecule has 0 radical (unpaired) electrons. The zero-order valence-electron chi connectivity index (χ0n) is 17.0. The molecule has 0 aliphatic carbocycles. The summed E-state index contributed by atoms with van der Waals surface area (Å²) < 4.78 is 38.8. The van der Waals surface area contributed by atoms with Gasteiger partial charge in [0.25, 0.3) is 10.0 Å². The Hall–Kier alpha value is -3.03. The van der Waals surface area contributed by atoms with E-state index in [9.17, 15) is 8.42 Å². The number of hydrazone groups is 1. The van der Waals surface area contributed by atoms with Gasteiger partial charge in [0.05, 0.1) is 30.9 Å². The quantitative estimate of drug-likeness (QED) is 0.529. The summed E-state index contributed by atoms with van der Waals surface area (Å²) in [6.07, 6.45) is 0.406. The molecule has 0 saturated heterocycles. The molecule has 1 heterocycles. The van der Waals surface area contributed by atoms with Gasteiger partial charge in [0.1, 0.15) is 0 Å². The first kappa shape index (κ1) is 21.2. The summed E-state index contributed by atoms with van der Waals surface area (Å²) in [4.78, 5) is 0.186. The van der Waals surface area contributed by atoms with E-state index < -0.39 is 16.1 Å². The third-order valence-corrected chi connectivity index (χ3v) is 7.08. The lowest BCUT2D eigenvalue weighted by atomic mass is 9.99. The fourth-order valence-corrected chi connectivity index (χ4v) is 5.11. The van der Waals surface area contributed by atoms with Crippen LogP contribution in [0, 0.1) is 0 Å². The number of sulfonamides is 1. The number of hydrogen-bond donors (Lipinski definition) is 0. The number of nitrogens with zero attached hydrogens (tertiary/aromatic N) is 2. The van der Waals surface area contributed by atoms with Crippen LogP contribution in [-0.2, 0) is 10.0 Å². The van der Waals surface area contributed by atoms with Gasteiger partial charge in [-0.2, -0.15) is 17.9 Å². The van der Waals surface area contributed by atoms with Crippen LogP contribution in [0.1, 0.15) is 23.6 Å². The molecule has 0 unspecified atom stereocenters. The maximum atomic E-state index is 13.4. The number of ether oxygens (including phenoxy) is 2. The molecule has 3 aromatic carbocycles. The maximum Gasteiger partial charge on any atom is 0.279 e. The third-order valence-electron chi connectivity index (χ3n) is 5.13. The highest BCUT2D eigenvalue weighted by molar-refractivity contribution is 7.89. The van der Waals surface area contributed by atoms with Crippen LogP contribution in [0.5, 0.6) is 11.5 Å². The minimum atomic E-state index is -3.86. The average molecular weight is 457 g/mol. The summed E-state index contributed by atoms with van der Waals surface area (Å²) in [5.41, 5.74) is 2.21. The molecule has 6 nitrogen and oxygen atoms in total. The van der Waals surface area contributed by atoms with Crippen LogP contribution in [0.25, 0.3) is 0 Å². The molecule has 1 aliphatic rings. The van der Waals surface area contributed by atoms with Gasteiger partial charge in [-0.3, -0.25) is 0 Å². The van der Waals surface area contributed by atoms with Crippen molar-refractivity contribution >= 4 is 27.3 Å². The lowest BCUT2D eigenvalue weighted by Gasteiger charge is -2.23. The number of benzene rings is 3. The van der Waals surface area contributed by atoms with Crippen molar-refractivity contribution in [2.75, 3.05) is 14.2 Å². The van der Waals surface area contributed by atoms with Crippen molar-refractivity contribution in [2.45, 2.75) is 17.4 Å². The molecule has 31 heavy (non-hydrogen) atoms. The predicted octanol–water partition coefficient (Wildman–Crippen LogP) is 4.90. The van der Waals surface area contributed by atoms with Crippen LogP contribution in [0.4, 0.5) is 0 Å². The lowest BCUT2D eigenvalue weighted by Crippen LogP contribution is -2.27. The Morgan fingerprint density at radius 3 is 2.26 bits per heavy atom. The standard InChI is InChI=1S/C23H21ClN2O4S/c1-29-22-13-10-17(14-23(22)30-2)20-15-21(16-8-11-18(24)12-9-16)26(25-20)31(27,28)19-6-4-3-5-7-19/h3-14,21H,15H2,1-2H3/t21-/m1/s1. The first-order valence-electron chi connectivity index (χ1n) is 9.59. The molecule has 1 atom stereocenters. The van der Waals surface area contributed by atoms with Crippen LogP contribution in [-0.4, -0.2) is 32.8 Å². The Morgan fingerprint density at radius 1 is 0.935 bits per heavy atom. The minimum absolute atomic E-state index is 0.186. The zero-order chi connectivity index (χ0) is 22.0. The van der Waals surface area contributed by atoms with Crippen molar-refractivity contribution in [3.8, 4) is 11.5 Å². The van der Waals surface area contributed by atoms with Crippen LogP contribution >= 0.6 is 11.6 Å². The van der Waals surface area contributed by atoms with Gasteiger partial charge in [-0.05, 0) is 48.0 Å². The van der Waals surface area contributed by atoms with E-state index in [1.54, 1.807) is 68.8 Å². The number of hydrogen-bond acceptors (Lipinski definition) is 5. The Morgan fingerprint density at radius 2 is 1.61 bits per heavy atom. The van der Waals surface area contributed by atoms with Crippen molar-refractivity contribution in [1.82, 2.24) is 4.41 Å². The second kappa shape index (κ2) is 8.61. The van der Waals surface area contributed by atoms with E-state index in [1.807, 2.05) is 18.2 Å². The van der Waals surface area contributed by atoms with Crippen molar-refractivity contribution in [3.63, 3.8) is 0 Å². The lowest BCUT2D eigenvalue weighted by molar-refractivity contribution is 0.355. The summed E-state index contributed by atoms with van der Waals surface area (Å²) in [5.74, 6) is 1.14. The van der Waals surface area contributed by atoms with E-state index in [4.69, 9.17) is 21.1 Å². The molecule has 0 N–H and O–H groups in total. The predicted molar refractivity (Wildman–Crippen MR) is 120 cm³/mol. The summed E-state index contributed by atoms with van der Waals surface area (Å²) in [7, 11) is -0.738. The molecular formula is C23H21ClN2O4S. The average Bonchev–Trinajstić information content (AvgIpc) is 3.26. The van der Waals surface area contributed by atoms with E-state index in [0.29, 0.717) is 28.7 Å². The second-order valence-electron chi connectivity index (χ2n) is 6.98. The first-order valence-corrected chi connectivity index (χ1v) is 11.4. The number of rotatable bonds is 6. The molecule has 0 bridgehead atoms. The molecule has 0 saturated carbocycles. The Bertz CT molecular complexity index is 1210. The molecule has 1 aliphatic heterocycles. The van der Waals surface area contributed by atoms with Gasteiger partial charge in [-0.1, -0.05) is 41.9 Å². The van der Waals surface area contributed by atoms with E-state index in [1.165, 1.54) is 4.41 Å². The van der Waals surface area contributed by atoms with Crippen molar-refractivity contribution < 1.29 is 17.9 Å². The fraction of sp³-hybridized carbons (Fsp3) is 0.174. The van der Waals surface area contributed by atoms with Crippen molar-refractivity contribution in [1.29, 1.82) is 0 Å². The van der Waals surface area contributed by atoms with Crippen LogP contribution in [0.3, 0.4) is 0 Å². The van der Waals surface area contributed by atoms with Crippen molar-refractivity contribution in [2.24, 2.45) is 5.10 Å². The minimum Gasteiger partial charge on any atom is -0.493 e. The molecular weight excluding hydrogens is 436 g/mol.